The van der Waals surface area contributed by atoms with Gasteiger partial charge in [0, 0.05) is 40.7 Å². The molecular weight excluding hydrogens is 380 g/mol. The maximum atomic E-state index is 12.9. The number of nitrogens with zero attached hydrogens (tertiary/aromatic N) is 2. The Morgan fingerprint density at radius 2 is 1.97 bits per heavy atom. The maximum absolute atomic E-state index is 12.9. The molecule has 1 atom stereocenters. The Morgan fingerprint density at radius 1 is 1.13 bits per heavy atom. The summed E-state index contributed by atoms with van der Waals surface area (Å²) in [5.74, 6) is -0.456. The van der Waals surface area contributed by atoms with Crippen LogP contribution in [0, 0.1) is 5.41 Å². The number of primary amides is 2. The smallest absolute Gasteiger partial charge is 0.248 e. The van der Waals surface area contributed by atoms with Crippen LogP contribution in [0.2, 0.25) is 0 Å². The maximum Gasteiger partial charge on any atom is 0.248 e. The van der Waals surface area contributed by atoms with Crippen molar-refractivity contribution in [2.75, 3.05) is 0 Å². The number of nitrogens with two attached hydrogens (primary N) is 2. The Labute approximate surface area is 172 Å². The predicted octanol–water partition coefficient (Wildman–Crippen LogP) is 2.67. The Balaban J connectivity index is 1.78. The highest BCUT2D eigenvalue weighted by molar-refractivity contribution is 5.98. The molecule has 0 saturated heterocycles. The minimum atomic E-state index is -0.944. The largest absolute Gasteiger partial charge is 0.449 e. The molecule has 2 amide bonds. The minimum absolute atomic E-state index is 0.276. The van der Waals surface area contributed by atoms with E-state index in [2.05, 4.69) is 15.6 Å². The van der Waals surface area contributed by atoms with Crippen LogP contribution in [0.15, 0.2) is 65.4 Å². The van der Waals surface area contributed by atoms with E-state index >= 15 is 0 Å². The first-order valence-corrected chi connectivity index (χ1v) is 9.66. The molecule has 0 radical (unpaired) electrons. The molecule has 3 heterocycles. The highest BCUT2D eigenvalue weighted by Crippen LogP contribution is 2.41. The summed E-state index contributed by atoms with van der Waals surface area (Å²) in [5, 5.41) is 0.959. The third kappa shape index (κ3) is 2.78. The predicted molar refractivity (Wildman–Crippen MR) is 111 cm³/mol. The van der Waals surface area contributed by atoms with Crippen LogP contribution >= 0.6 is 0 Å². The lowest BCUT2D eigenvalue weighted by Gasteiger charge is -2.29. The second-order valence-corrected chi connectivity index (χ2v) is 7.83. The molecule has 0 saturated carbocycles. The molecule has 0 bridgehead atoms. The zero-order valence-electron chi connectivity index (χ0n) is 16.2. The number of amides is 2. The topological polar surface area (TPSA) is 117 Å². The van der Waals surface area contributed by atoms with E-state index in [4.69, 9.17) is 15.9 Å². The summed E-state index contributed by atoms with van der Waals surface area (Å²) in [5.41, 5.74) is 14.8. The molecule has 0 spiro atoms. The van der Waals surface area contributed by atoms with E-state index in [0.29, 0.717) is 24.4 Å². The van der Waals surface area contributed by atoms with Crippen molar-refractivity contribution in [2.45, 2.75) is 19.4 Å². The zero-order chi connectivity index (χ0) is 20.9. The summed E-state index contributed by atoms with van der Waals surface area (Å²) >= 11 is 0. The van der Waals surface area contributed by atoms with E-state index in [1.807, 2.05) is 30.3 Å². The van der Waals surface area contributed by atoms with E-state index in [1.54, 1.807) is 18.3 Å². The van der Waals surface area contributed by atoms with Gasteiger partial charge in [0.1, 0.15) is 6.26 Å². The summed E-state index contributed by atoms with van der Waals surface area (Å²) in [6, 6.07) is 15.4. The van der Waals surface area contributed by atoms with Crippen molar-refractivity contribution >= 4 is 22.7 Å². The third-order valence-corrected chi connectivity index (χ3v) is 5.97. The molecule has 1 aliphatic rings. The Morgan fingerprint density at radius 3 is 2.70 bits per heavy atom. The lowest BCUT2D eigenvalue weighted by atomic mass is 9.77. The first-order chi connectivity index (χ1) is 14.5. The van der Waals surface area contributed by atoms with Gasteiger partial charge in [-0.15, -0.1) is 0 Å². The molecule has 1 aliphatic heterocycles. The molecule has 2 aromatic carbocycles. The summed E-state index contributed by atoms with van der Waals surface area (Å²) < 4.78 is 7.52. The summed E-state index contributed by atoms with van der Waals surface area (Å²) in [4.78, 5) is 28.9. The second kappa shape index (κ2) is 6.59. The van der Waals surface area contributed by atoms with Gasteiger partial charge in [0.2, 0.25) is 11.8 Å². The lowest BCUT2D eigenvalue weighted by Crippen LogP contribution is -2.44. The number of benzene rings is 2. The summed E-state index contributed by atoms with van der Waals surface area (Å²) in [7, 11) is 0. The molecule has 0 aliphatic carbocycles. The van der Waals surface area contributed by atoms with Crippen molar-refractivity contribution in [3.8, 4) is 11.3 Å². The van der Waals surface area contributed by atoms with Crippen molar-refractivity contribution in [3.63, 3.8) is 0 Å². The average molecular weight is 400 g/mol. The SMILES string of the molecule is NC(=O)c1ccc2cc3n(c2c1)CC(Cc1ncco1)(C(N)=O)Cc1ccccc1-3. The van der Waals surface area contributed by atoms with Gasteiger partial charge in [0.25, 0.3) is 0 Å². The molecular formula is C23H20N4O3. The monoisotopic (exact) mass is 400 g/mol. The van der Waals surface area contributed by atoms with Gasteiger partial charge in [-0.2, -0.15) is 0 Å². The fourth-order valence-corrected chi connectivity index (χ4v) is 4.45. The molecule has 1 unspecified atom stereocenters. The Kier molecular flexibility index (Phi) is 3.99. The number of carbonyl (C=O) groups excluding carboxylic acids is 2. The van der Waals surface area contributed by atoms with Crippen LogP contribution in [0.4, 0.5) is 0 Å². The number of oxazole rings is 1. The number of carbonyl (C=O) groups is 2. The van der Waals surface area contributed by atoms with Gasteiger partial charge in [-0.25, -0.2) is 4.98 Å². The lowest BCUT2D eigenvalue weighted by molar-refractivity contribution is -0.128. The van der Waals surface area contributed by atoms with E-state index in [0.717, 1.165) is 27.7 Å². The first kappa shape index (κ1) is 18.2. The second-order valence-electron chi connectivity index (χ2n) is 7.83. The van der Waals surface area contributed by atoms with E-state index in [9.17, 15) is 9.59 Å². The van der Waals surface area contributed by atoms with E-state index < -0.39 is 17.2 Å². The van der Waals surface area contributed by atoms with Crippen molar-refractivity contribution in [2.24, 2.45) is 16.9 Å². The number of rotatable bonds is 4. The van der Waals surface area contributed by atoms with Crippen molar-refractivity contribution < 1.29 is 14.0 Å². The van der Waals surface area contributed by atoms with Gasteiger partial charge in [-0.1, -0.05) is 30.3 Å². The van der Waals surface area contributed by atoms with E-state index in [1.165, 1.54) is 6.26 Å². The van der Waals surface area contributed by atoms with Crippen LogP contribution in [0.3, 0.4) is 0 Å². The van der Waals surface area contributed by atoms with Crippen LogP contribution in [0.1, 0.15) is 21.8 Å². The molecule has 0 fully saturated rings. The standard InChI is InChI=1S/C23H20N4O3/c24-21(28)15-6-5-14-9-19-17-4-2-1-3-16(17)11-23(22(25)29,12-20-26-7-8-30-20)13-27(19)18(14)10-15/h1-10H,11-13H2,(H2,24,28)(H2,25,29). The molecule has 7 heteroatoms. The molecule has 4 N–H and O–H groups in total. The van der Waals surface area contributed by atoms with Crippen LogP contribution in [0.5, 0.6) is 0 Å². The summed E-state index contributed by atoms with van der Waals surface area (Å²) in [6.45, 7) is 0.334. The quantitative estimate of drug-likeness (QED) is 0.547. The van der Waals surface area contributed by atoms with Crippen molar-refractivity contribution in [1.82, 2.24) is 9.55 Å². The van der Waals surface area contributed by atoms with Gasteiger partial charge in [-0.05, 0) is 30.2 Å². The molecule has 5 rings (SSSR count). The number of hydrogen-bond acceptors (Lipinski definition) is 4. The Hall–Kier alpha value is -3.87. The number of hydrogen-bond donors (Lipinski definition) is 2. The van der Waals surface area contributed by atoms with Crippen LogP contribution in [-0.4, -0.2) is 21.4 Å². The van der Waals surface area contributed by atoms with Gasteiger partial charge < -0.3 is 20.5 Å². The van der Waals surface area contributed by atoms with Gasteiger partial charge in [0.05, 0.1) is 11.6 Å². The zero-order valence-corrected chi connectivity index (χ0v) is 16.2. The van der Waals surface area contributed by atoms with E-state index in [-0.39, 0.29) is 6.42 Å². The highest BCUT2D eigenvalue weighted by Gasteiger charge is 2.42. The minimum Gasteiger partial charge on any atom is -0.449 e. The fraction of sp³-hybridized carbons (Fsp3) is 0.174. The van der Waals surface area contributed by atoms with Crippen LogP contribution < -0.4 is 11.5 Å². The first-order valence-electron chi connectivity index (χ1n) is 9.66. The van der Waals surface area contributed by atoms with Crippen molar-refractivity contribution in [3.05, 3.63) is 78.0 Å². The fourth-order valence-electron chi connectivity index (χ4n) is 4.45. The number of aromatic nitrogens is 2. The highest BCUT2D eigenvalue weighted by atomic mass is 16.3. The average Bonchev–Trinajstić information content (AvgIpc) is 3.32. The molecule has 2 aromatic heterocycles. The van der Waals surface area contributed by atoms with Crippen molar-refractivity contribution in [1.29, 1.82) is 0 Å². The molecule has 4 aromatic rings. The summed E-state index contributed by atoms with van der Waals surface area (Å²) in [6.07, 6.45) is 3.78. The normalized spacial score (nSPS) is 17.9. The van der Waals surface area contributed by atoms with Gasteiger partial charge in [-0.3, -0.25) is 9.59 Å². The molecule has 150 valence electrons. The number of fused-ring (bicyclic) bond motifs is 5. The van der Waals surface area contributed by atoms with Gasteiger partial charge in [0.15, 0.2) is 5.89 Å². The molecule has 7 nitrogen and oxygen atoms in total. The van der Waals surface area contributed by atoms with Crippen LogP contribution in [0.25, 0.3) is 22.2 Å². The van der Waals surface area contributed by atoms with Crippen LogP contribution in [-0.2, 0) is 24.2 Å². The van der Waals surface area contributed by atoms with Gasteiger partial charge >= 0.3 is 0 Å². The molecule has 30 heavy (non-hydrogen) atoms. The third-order valence-electron chi connectivity index (χ3n) is 5.97. The Bertz CT molecular complexity index is 1290.